The maximum absolute atomic E-state index is 13.5. The summed E-state index contributed by atoms with van der Waals surface area (Å²) in [5, 5.41) is 3.46. The highest BCUT2D eigenvalue weighted by atomic mass is 19.3. The van der Waals surface area contributed by atoms with Gasteiger partial charge in [-0.3, -0.25) is 0 Å². The van der Waals surface area contributed by atoms with Crippen LogP contribution in [0.1, 0.15) is 17.5 Å². The van der Waals surface area contributed by atoms with E-state index in [0.717, 1.165) is 54.4 Å². The average molecular weight is 492 g/mol. The molecule has 1 atom stereocenters. The minimum Gasteiger partial charge on any atom is -0.378 e. The molecule has 1 aromatic carbocycles. The van der Waals surface area contributed by atoms with Crippen molar-refractivity contribution in [1.29, 1.82) is 0 Å². The van der Waals surface area contributed by atoms with Crippen molar-refractivity contribution in [3.8, 4) is 11.3 Å². The summed E-state index contributed by atoms with van der Waals surface area (Å²) in [6.45, 7) is 4.02. The molecular formula is C26H27F2N7O. The van der Waals surface area contributed by atoms with Crippen LogP contribution in [0.15, 0.2) is 48.9 Å². The fourth-order valence-corrected chi connectivity index (χ4v) is 4.66. The molecule has 1 aliphatic carbocycles. The molecule has 2 aromatic heterocycles. The number of ether oxygens (including phenoxy) is 1. The summed E-state index contributed by atoms with van der Waals surface area (Å²) in [7, 11) is 0. The smallest absolute Gasteiger partial charge is 0.253 e. The van der Waals surface area contributed by atoms with Gasteiger partial charge in [0, 0.05) is 73.4 Å². The van der Waals surface area contributed by atoms with Crippen LogP contribution in [0.5, 0.6) is 0 Å². The lowest BCUT2D eigenvalue weighted by Crippen LogP contribution is -2.36. The molecule has 1 saturated heterocycles. The van der Waals surface area contributed by atoms with Gasteiger partial charge in [0.2, 0.25) is 5.95 Å². The van der Waals surface area contributed by atoms with Gasteiger partial charge in [0.15, 0.2) is 0 Å². The summed E-state index contributed by atoms with van der Waals surface area (Å²) in [6.07, 6.45) is 7.09. The summed E-state index contributed by atoms with van der Waals surface area (Å²) in [5.41, 5.74) is 11.1. The lowest BCUT2D eigenvalue weighted by atomic mass is 10.0. The Kier molecular flexibility index (Phi) is 5.67. The number of fused-ring (bicyclic) bond motifs is 1. The molecule has 0 bridgehead atoms. The highest BCUT2D eigenvalue weighted by Crippen LogP contribution is 2.49. The highest BCUT2D eigenvalue weighted by molar-refractivity contribution is 5.74. The number of alkyl halides is 2. The molecule has 36 heavy (non-hydrogen) atoms. The van der Waals surface area contributed by atoms with Gasteiger partial charge >= 0.3 is 0 Å². The van der Waals surface area contributed by atoms with E-state index in [-0.39, 0.29) is 12.4 Å². The highest BCUT2D eigenvalue weighted by Gasteiger charge is 2.57. The van der Waals surface area contributed by atoms with Crippen LogP contribution in [0.4, 0.5) is 31.9 Å². The van der Waals surface area contributed by atoms with Crippen molar-refractivity contribution in [3.63, 3.8) is 0 Å². The van der Waals surface area contributed by atoms with Crippen LogP contribution in [0.25, 0.3) is 17.3 Å². The molecule has 3 aliphatic rings. The van der Waals surface area contributed by atoms with Crippen LogP contribution < -0.4 is 16.0 Å². The number of nitrogen functional groups attached to an aromatic ring is 1. The number of nitrogens with zero attached hydrogens (tertiary/aromatic N) is 5. The molecule has 2 aliphatic heterocycles. The number of aromatic nitrogens is 3. The van der Waals surface area contributed by atoms with E-state index < -0.39 is 11.8 Å². The Morgan fingerprint density at radius 1 is 1.11 bits per heavy atom. The zero-order chi connectivity index (χ0) is 24.7. The molecule has 3 N–H and O–H groups in total. The number of anilines is 4. The minimum atomic E-state index is -2.55. The molecule has 1 saturated carbocycles. The van der Waals surface area contributed by atoms with E-state index in [9.17, 15) is 8.78 Å². The summed E-state index contributed by atoms with van der Waals surface area (Å²) in [4.78, 5) is 17.3. The number of rotatable bonds is 6. The Morgan fingerprint density at radius 3 is 2.53 bits per heavy atom. The van der Waals surface area contributed by atoms with Crippen molar-refractivity contribution in [1.82, 2.24) is 19.9 Å². The SMILES string of the molecule is Nc1ncc(-c2cc3c(c(Nc4ccc(N5CCOCC5)cc4)n2)CN(CC2CC2(F)F)C=C3)cn1. The number of pyridine rings is 1. The maximum Gasteiger partial charge on any atom is 0.253 e. The fourth-order valence-electron chi connectivity index (χ4n) is 4.66. The van der Waals surface area contributed by atoms with Crippen LogP contribution in [-0.4, -0.2) is 58.6 Å². The second kappa shape index (κ2) is 9.02. The molecular weight excluding hydrogens is 464 g/mol. The zero-order valence-corrected chi connectivity index (χ0v) is 19.7. The first-order valence-corrected chi connectivity index (χ1v) is 12.1. The Hall–Kier alpha value is -3.79. The Morgan fingerprint density at radius 2 is 1.83 bits per heavy atom. The van der Waals surface area contributed by atoms with Crippen molar-refractivity contribution in [2.24, 2.45) is 5.92 Å². The van der Waals surface area contributed by atoms with Gasteiger partial charge in [0.25, 0.3) is 5.92 Å². The third-order valence-corrected chi connectivity index (χ3v) is 6.87. The van der Waals surface area contributed by atoms with Crippen molar-refractivity contribution >= 4 is 29.2 Å². The molecule has 1 unspecified atom stereocenters. The van der Waals surface area contributed by atoms with E-state index >= 15 is 0 Å². The van der Waals surface area contributed by atoms with Crippen LogP contribution in [-0.2, 0) is 11.3 Å². The first-order valence-electron chi connectivity index (χ1n) is 12.1. The van der Waals surface area contributed by atoms with Crippen LogP contribution in [0.3, 0.4) is 0 Å². The van der Waals surface area contributed by atoms with Crippen molar-refractivity contribution in [3.05, 3.63) is 60.1 Å². The molecule has 0 spiro atoms. The summed E-state index contributed by atoms with van der Waals surface area (Å²) in [6, 6.07) is 10.2. The minimum absolute atomic E-state index is 0.0425. The summed E-state index contributed by atoms with van der Waals surface area (Å²) < 4.78 is 32.5. The Balaban J connectivity index is 1.29. The molecule has 3 aromatic rings. The van der Waals surface area contributed by atoms with Gasteiger partial charge in [-0.15, -0.1) is 0 Å². The molecule has 186 valence electrons. The molecule has 2 fully saturated rings. The van der Waals surface area contributed by atoms with E-state index in [2.05, 4.69) is 32.3 Å². The van der Waals surface area contributed by atoms with Crippen molar-refractivity contribution in [2.45, 2.75) is 18.9 Å². The standard InChI is InChI=1S/C26H27F2N7O/c27-26(28)12-19(26)15-34-6-5-17-11-23(18-13-30-25(29)31-14-18)33-24(22(17)16-34)32-20-1-3-21(4-2-20)35-7-9-36-10-8-35/h1-6,11,13-14,19H,7-10,12,15-16H2,(H,32,33)(H2,29,30,31). The third-order valence-electron chi connectivity index (χ3n) is 6.87. The first kappa shape index (κ1) is 22.7. The van der Waals surface area contributed by atoms with Gasteiger partial charge in [-0.25, -0.2) is 23.7 Å². The first-order chi connectivity index (χ1) is 17.4. The number of benzene rings is 1. The zero-order valence-electron chi connectivity index (χ0n) is 19.7. The van der Waals surface area contributed by atoms with Gasteiger partial charge in [-0.2, -0.15) is 0 Å². The Labute approximate surface area is 207 Å². The fraction of sp³-hybridized carbons (Fsp3) is 0.346. The van der Waals surface area contributed by atoms with Gasteiger partial charge in [0.1, 0.15) is 5.82 Å². The van der Waals surface area contributed by atoms with Gasteiger partial charge in [0.05, 0.1) is 18.9 Å². The number of morpholine rings is 1. The predicted octanol–water partition coefficient (Wildman–Crippen LogP) is 4.14. The normalized spacial score (nSPS) is 20.2. The van der Waals surface area contributed by atoms with Gasteiger partial charge < -0.3 is 25.6 Å². The molecule has 10 heteroatoms. The predicted molar refractivity (Wildman–Crippen MR) is 135 cm³/mol. The second-order valence-corrected chi connectivity index (χ2v) is 9.43. The van der Waals surface area contributed by atoms with Crippen LogP contribution in [0, 0.1) is 5.92 Å². The van der Waals surface area contributed by atoms with E-state index in [1.165, 1.54) is 0 Å². The lowest BCUT2D eigenvalue weighted by Gasteiger charge is -2.29. The number of halogens is 2. The largest absolute Gasteiger partial charge is 0.378 e. The molecule has 0 amide bonds. The van der Waals surface area contributed by atoms with Crippen LogP contribution >= 0.6 is 0 Å². The third kappa shape index (κ3) is 4.68. The van der Waals surface area contributed by atoms with Crippen molar-refractivity contribution in [2.75, 3.05) is 48.8 Å². The lowest BCUT2D eigenvalue weighted by molar-refractivity contribution is 0.0914. The van der Waals surface area contributed by atoms with Crippen LogP contribution in [0.2, 0.25) is 0 Å². The quantitative estimate of drug-likeness (QED) is 0.532. The molecule has 0 radical (unpaired) electrons. The number of nitrogens with two attached hydrogens (primary N) is 1. The average Bonchev–Trinajstić information content (AvgIpc) is 3.50. The van der Waals surface area contributed by atoms with Crippen molar-refractivity contribution < 1.29 is 13.5 Å². The van der Waals surface area contributed by atoms with E-state index in [1.54, 1.807) is 12.4 Å². The molecule has 8 nitrogen and oxygen atoms in total. The Bertz CT molecular complexity index is 1270. The maximum atomic E-state index is 13.5. The van der Waals surface area contributed by atoms with E-state index in [0.29, 0.717) is 24.6 Å². The molecule has 4 heterocycles. The number of hydrogen-bond acceptors (Lipinski definition) is 8. The second-order valence-electron chi connectivity index (χ2n) is 9.43. The number of hydrogen-bond donors (Lipinski definition) is 2. The van der Waals surface area contributed by atoms with Gasteiger partial charge in [-0.1, -0.05) is 0 Å². The van der Waals surface area contributed by atoms with E-state index in [1.807, 2.05) is 35.4 Å². The number of nitrogens with one attached hydrogen (secondary N) is 1. The monoisotopic (exact) mass is 491 g/mol. The summed E-state index contributed by atoms with van der Waals surface area (Å²) >= 11 is 0. The summed E-state index contributed by atoms with van der Waals surface area (Å²) in [5.74, 6) is -2.26. The van der Waals surface area contributed by atoms with Gasteiger partial charge in [-0.05, 0) is 48.2 Å². The topological polar surface area (TPSA) is 92.4 Å². The van der Waals surface area contributed by atoms with E-state index in [4.69, 9.17) is 15.5 Å². The molecule has 6 rings (SSSR count).